The van der Waals surface area contributed by atoms with E-state index >= 15 is 0 Å². The Balaban J connectivity index is 0.000000370. The van der Waals surface area contributed by atoms with Crippen LogP contribution in [0.2, 0.25) is 0 Å². The van der Waals surface area contributed by atoms with Crippen LogP contribution in [-0.4, -0.2) is 33.2 Å². The summed E-state index contributed by atoms with van der Waals surface area (Å²) in [5, 5.41) is 24.5. The van der Waals surface area contributed by atoms with Crippen LogP contribution < -0.4 is 0 Å². The molecular formula is C14H16O6. The second kappa shape index (κ2) is 9.32. The van der Waals surface area contributed by atoms with Crippen LogP contribution in [0.5, 0.6) is 0 Å². The Kier molecular flexibility index (Phi) is 8.09. The van der Waals surface area contributed by atoms with Crippen molar-refractivity contribution >= 4 is 17.9 Å². The zero-order valence-electron chi connectivity index (χ0n) is 10.9. The van der Waals surface area contributed by atoms with Gasteiger partial charge in [-0.25, -0.2) is 9.59 Å². The molecule has 0 unspecified atom stereocenters. The highest BCUT2D eigenvalue weighted by atomic mass is 16.4. The molecule has 1 aromatic rings. The smallest absolute Gasteiger partial charge is 0.331 e. The molecule has 6 heteroatoms. The van der Waals surface area contributed by atoms with Crippen molar-refractivity contribution in [1.29, 1.82) is 0 Å². The molecule has 0 amide bonds. The van der Waals surface area contributed by atoms with Gasteiger partial charge in [-0.05, 0) is 18.9 Å². The maximum atomic E-state index is 10.2. The van der Waals surface area contributed by atoms with Gasteiger partial charge >= 0.3 is 17.9 Å². The molecule has 0 aliphatic heterocycles. The molecule has 108 valence electrons. The van der Waals surface area contributed by atoms with Gasteiger partial charge in [-0.15, -0.1) is 0 Å². The SMILES string of the molecule is C/C(=C\C(=O)O)C(=O)O.O=C(O)CCc1ccccc1. The zero-order valence-corrected chi connectivity index (χ0v) is 10.9. The molecular weight excluding hydrogens is 264 g/mol. The number of carbonyl (C=O) groups is 3. The summed E-state index contributed by atoms with van der Waals surface area (Å²) in [6.07, 6.45) is 1.47. The molecule has 3 N–H and O–H groups in total. The van der Waals surface area contributed by atoms with Crippen LogP contribution in [0, 0.1) is 0 Å². The molecule has 0 atom stereocenters. The lowest BCUT2D eigenvalue weighted by atomic mass is 10.1. The summed E-state index contributed by atoms with van der Waals surface area (Å²) in [5.41, 5.74) is 0.900. The van der Waals surface area contributed by atoms with E-state index in [-0.39, 0.29) is 12.0 Å². The number of hydrogen-bond acceptors (Lipinski definition) is 3. The molecule has 0 spiro atoms. The normalized spacial score (nSPS) is 10.2. The van der Waals surface area contributed by atoms with Crippen LogP contribution in [0.4, 0.5) is 0 Å². The Bertz CT molecular complexity index is 490. The van der Waals surface area contributed by atoms with Crippen molar-refractivity contribution in [3.8, 4) is 0 Å². The van der Waals surface area contributed by atoms with Crippen molar-refractivity contribution in [3.63, 3.8) is 0 Å². The van der Waals surface area contributed by atoms with Crippen LogP contribution in [0.15, 0.2) is 42.0 Å². The number of carboxylic acids is 3. The van der Waals surface area contributed by atoms with Gasteiger partial charge in [0, 0.05) is 18.1 Å². The Hall–Kier alpha value is -2.63. The zero-order chi connectivity index (χ0) is 15.5. The summed E-state index contributed by atoms with van der Waals surface area (Å²) in [5.74, 6) is -3.19. The van der Waals surface area contributed by atoms with Crippen molar-refractivity contribution in [2.45, 2.75) is 19.8 Å². The van der Waals surface area contributed by atoms with E-state index in [1.54, 1.807) is 0 Å². The Morgan fingerprint density at radius 2 is 1.60 bits per heavy atom. The maximum Gasteiger partial charge on any atom is 0.331 e. The highest BCUT2D eigenvalue weighted by Crippen LogP contribution is 2.01. The van der Waals surface area contributed by atoms with Gasteiger partial charge < -0.3 is 15.3 Å². The summed E-state index contributed by atoms with van der Waals surface area (Å²) in [7, 11) is 0. The highest BCUT2D eigenvalue weighted by molar-refractivity contribution is 5.93. The second-order valence-corrected chi connectivity index (χ2v) is 3.85. The van der Waals surface area contributed by atoms with Crippen LogP contribution in [0.3, 0.4) is 0 Å². The molecule has 1 aromatic carbocycles. The third-order valence-electron chi connectivity index (χ3n) is 2.15. The summed E-state index contributed by atoms with van der Waals surface area (Å²) in [6, 6.07) is 9.62. The van der Waals surface area contributed by atoms with Crippen molar-refractivity contribution < 1.29 is 29.7 Å². The van der Waals surface area contributed by atoms with E-state index in [0.29, 0.717) is 12.5 Å². The van der Waals surface area contributed by atoms with E-state index in [1.165, 1.54) is 6.92 Å². The number of benzene rings is 1. The standard InChI is InChI=1S/C9H10O2.C5H6O4/c10-9(11)7-6-8-4-2-1-3-5-8;1-3(5(8)9)2-4(6)7/h1-5H,6-7H2,(H,10,11);2H,1H3,(H,6,7)(H,8,9)/b;3-2+. The fraction of sp³-hybridized carbons (Fsp3) is 0.214. The van der Waals surface area contributed by atoms with Gasteiger partial charge in [0.2, 0.25) is 0 Å². The number of rotatable bonds is 5. The van der Waals surface area contributed by atoms with E-state index in [0.717, 1.165) is 5.56 Å². The lowest BCUT2D eigenvalue weighted by molar-refractivity contribution is -0.137. The average molecular weight is 280 g/mol. The van der Waals surface area contributed by atoms with E-state index in [2.05, 4.69) is 0 Å². The third-order valence-corrected chi connectivity index (χ3v) is 2.15. The summed E-state index contributed by atoms with van der Waals surface area (Å²) >= 11 is 0. The second-order valence-electron chi connectivity index (χ2n) is 3.85. The van der Waals surface area contributed by atoms with Crippen molar-refractivity contribution in [2.24, 2.45) is 0 Å². The Morgan fingerprint density at radius 3 is 1.95 bits per heavy atom. The van der Waals surface area contributed by atoms with Gasteiger partial charge in [0.05, 0.1) is 0 Å². The molecule has 0 aliphatic rings. The largest absolute Gasteiger partial charge is 0.481 e. The van der Waals surface area contributed by atoms with E-state index in [9.17, 15) is 14.4 Å². The minimum atomic E-state index is -1.24. The Morgan fingerprint density at radius 1 is 1.05 bits per heavy atom. The highest BCUT2D eigenvalue weighted by Gasteiger charge is 2.00. The fourth-order valence-electron chi connectivity index (χ4n) is 1.14. The third kappa shape index (κ3) is 9.41. The van der Waals surface area contributed by atoms with Gasteiger partial charge in [-0.3, -0.25) is 4.79 Å². The predicted molar refractivity (Wildman–Crippen MR) is 71.4 cm³/mol. The first-order valence-electron chi connectivity index (χ1n) is 5.73. The fourth-order valence-corrected chi connectivity index (χ4v) is 1.14. The molecule has 0 aliphatic carbocycles. The van der Waals surface area contributed by atoms with Gasteiger partial charge in [-0.2, -0.15) is 0 Å². The molecule has 0 bridgehead atoms. The summed E-state index contributed by atoms with van der Waals surface area (Å²) in [4.78, 5) is 29.9. The monoisotopic (exact) mass is 280 g/mol. The van der Waals surface area contributed by atoms with Crippen LogP contribution >= 0.6 is 0 Å². The average Bonchev–Trinajstić information content (AvgIpc) is 2.37. The van der Waals surface area contributed by atoms with Gasteiger partial charge in [0.25, 0.3) is 0 Å². The molecule has 20 heavy (non-hydrogen) atoms. The number of carboxylic acid groups (broad SMARTS) is 3. The van der Waals surface area contributed by atoms with Gasteiger partial charge in [-0.1, -0.05) is 30.3 Å². The number of aryl methyl sites for hydroxylation is 1. The van der Waals surface area contributed by atoms with Crippen LogP contribution in [0.25, 0.3) is 0 Å². The summed E-state index contributed by atoms with van der Waals surface area (Å²) in [6.45, 7) is 1.22. The molecule has 0 heterocycles. The van der Waals surface area contributed by atoms with Crippen molar-refractivity contribution in [2.75, 3.05) is 0 Å². The molecule has 0 radical (unpaired) electrons. The minimum absolute atomic E-state index is 0.178. The molecule has 0 saturated heterocycles. The van der Waals surface area contributed by atoms with E-state index < -0.39 is 17.9 Å². The topological polar surface area (TPSA) is 112 Å². The van der Waals surface area contributed by atoms with Crippen molar-refractivity contribution in [3.05, 3.63) is 47.5 Å². The number of hydrogen-bond donors (Lipinski definition) is 3. The Labute approximate surface area is 116 Å². The van der Waals surface area contributed by atoms with Gasteiger partial charge in [0.15, 0.2) is 0 Å². The lowest BCUT2D eigenvalue weighted by Crippen LogP contribution is -1.99. The molecule has 6 nitrogen and oxygen atoms in total. The molecule has 0 aromatic heterocycles. The van der Waals surface area contributed by atoms with Crippen LogP contribution in [0.1, 0.15) is 18.9 Å². The first-order valence-corrected chi connectivity index (χ1v) is 5.73. The first kappa shape index (κ1) is 17.4. The maximum absolute atomic E-state index is 10.2. The predicted octanol–water partition coefficient (Wildman–Crippen LogP) is 1.81. The van der Waals surface area contributed by atoms with E-state index in [1.807, 2.05) is 30.3 Å². The quantitative estimate of drug-likeness (QED) is 0.709. The lowest BCUT2D eigenvalue weighted by Gasteiger charge is -1.95. The van der Waals surface area contributed by atoms with Gasteiger partial charge in [0.1, 0.15) is 0 Å². The molecule has 1 rings (SSSR count). The first-order chi connectivity index (χ1) is 9.32. The van der Waals surface area contributed by atoms with Crippen LogP contribution in [-0.2, 0) is 20.8 Å². The summed E-state index contributed by atoms with van der Waals surface area (Å²) < 4.78 is 0. The number of aliphatic carboxylic acids is 3. The van der Waals surface area contributed by atoms with Crippen molar-refractivity contribution in [1.82, 2.24) is 0 Å². The van der Waals surface area contributed by atoms with E-state index in [4.69, 9.17) is 15.3 Å². The minimum Gasteiger partial charge on any atom is -0.481 e. The molecule has 0 fully saturated rings. The molecule has 0 saturated carbocycles.